The topological polar surface area (TPSA) is 38.7 Å². The molecule has 0 atom stereocenters. The van der Waals surface area contributed by atoms with Crippen LogP contribution in [0.2, 0.25) is 5.02 Å². The molecule has 0 N–H and O–H groups in total. The Morgan fingerprint density at radius 2 is 2.29 bits per heavy atom. The maximum Gasteiger partial charge on any atom is 0.235 e. The maximum atomic E-state index is 10.5. The minimum atomic E-state index is -0.378. The Balaban J connectivity index is 2.33. The van der Waals surface area contributed by atoms with E-state index in [0.29, 0.717) is 11.6 Å². The van der Waals surface area contributed by atoms with Gasteiger partial charge in [-0.3, -0.25) is 0 Å². The number of ether oxygens (including phenoxy) is 1. The fraction of sp³-hybridized carbons (Fsp3) is 0.462. The van der Waals surface area contributed by atoms with E-state index >= 15 is 0 Å². The second kappa shape index (κ2) is 5.01. The highest BCUT2D eigenvalue weighted by molar-refractivity contribution is 6.31. The van der Waals surface area contributed by atoms with E-state index in [2.05, 4.69) is 4.99 Å². The van der Waals surface area contributed by atoms with Crippen LogP contribution in [0.15, 0.2) is 23.2 Å². The highest BCUT2D eigenvalue weighted by Crippen LogP contribution is 2.45. The van der Waals surface area contributed by atoms with Crippen molar-refractivity contribution in [1.29, 1.82) is 0 Å². The third-order valence-corrected chi connectivity index (χ3v) is 3.68. The third kappa shape index (κ3) is 2.27. The quantitative estimate of drug-likeness (QED) is 0.609. The van der Waals surface area contributed by atoms with E-state index in [1.165, 1.54) is 0 Å². The second-order valence-electron chi connectivity index (χ2n) is 4.33. The molecule has 1 aromatic carbocycles. The first-order valence-electron chi connectivity index (χ1n) is 5.59. The largest absolute Gasteiger partial charge is 0.380 e. The molecule has 0 amide bonds. The van der Waals surface area contributed by atoms with Gasteiger partial charge in [0.05, 0.1) is 12.1 Å². The highest BCUT2D eigenvalue weighted by atomic mass is 35.5. The first-order chi connectivity index (χ1) is 8.22. The number of benzene rings is 1. The van der Waals surface area contributed by atoms with Crippen LogP contribution < -0.4 is 0 Å². The van der Waals surface area contributed by atoms with Crippen molar-refractivity contribution in [2.24, 2.45) is 4.99 Å². The van der Waals surface area contributed by atoms with Crippen molar-refractivity contribution < 1.29 is 9.53 Å². The monoisotopic (exact) mass is 251 g/mol. The van der Waals surface area contributed by atoms with Crippen LogP contribution in [0.1, 0.15) is 30.4 Å². The predicted molar refractivity (Wildman–Crippen MR) is 65.8 cm³/mol. The van der Waals surface area contributed by atoms with E-state index in [1.807, 2.05) is 18.2 Å². The Bertz CT molecular complexity index is 462. The molecule has 4 heteroatoms. The van der Waals surface area contributed by atoms with Crippen LogP contribution in [0.3, 0.4) is 0 Å². The average molecular weight is 252 g/mol. The fourth-order valence-corrected chi connectivity index (χ4v) is 2.41. The summed E-state index contributed by atoms with van der Waals surface area (Å²) < 4.78 is 5.05. The van der Waals surface area contributed by atoms with E-state index < -0.39 is 0 Å². The molecule has 0 aliphatic heterocycles. The van der Waals surface area contributed by atoms with Gasteiger partial charge in [0.25, 0.3) is 0 Å². The van der Waals surface area contributed by atoms with E-state index in [4.69, 9.17) is 16.3 Å². The van der Waals surface area contributed by atoms with Gasteiger partial charge in [0, 0.05) is 12.1 Å². The van der Waals surface area contributed by atoms with Crippen molar-refractivity contribution in [3.8, 4) is 0 Å². The van der Waals surface area contributed by atoms with Crippen LogP contribution in [-0.4, -0.2) is 13.2 Å². The zero-order chi connectivity index (χ0) is 12.3. The van der Waals surface area contributed by atoms with E-state index in [0.717, 1.165) is 30.4 Å². The van der Waals surface area contributed by atoms with Gasteiger partial charge in [0.1, 0.15) is 0 Å². The molecule has 0 saturated heterocycles. The van der Waals surface area contributed by atoms with Gasteiger partial charge in [0.15, 0.2) is 0 Å². The minimum absolute atomic E-state index is 0.378. The zero-order valence-electron chi connectivity index (χ0n) is 9.70. The van der Waals surface area contributed by atoms with Crippen LogP contribution in [0, 0.1) is 0 Å². The number of methoxy groups -OCH3 is 1. The summed E-state index contributed by atoms with van der Waals surface area (Å²) in [5.74, 6) is 0. The summed E-state index contributed by atoms with van der Waals surface area (Å²) in [6.45, 7) is 0.489. The van der Waals surface area contributed by atoms with Crippen LogP contribution in [0.5, 0.6) is 0 Å². The summed E-state index contributed by atoms with van der Waals surface area (Å²) in [6.07, 6.45) is 4.54. The molecule has 0 radical (unpaired) electrons. The molecule has 0 aromatic heterocycles. The van der Waals surface area contributed by atoms with Crippen molar-refractivity contribution in [1.82, 2.24) is 0 Å². The van der Waals surface area contributed by atoms with E-state index in [-0.39, 0.29) is 5.54 Å². The molecule has 1 saturated carbocycles. The van der Waals surface area contributed by atoms with Gasteiger partial charge in [-0.1, -0.05) is 23.7 Å². The number of nitrogens with zero attached hydrogens (tertiary/aromatic N) is 1. The lowest BCUT2D eigenvalue weighted by Crippen LogP contribution is -2.31. The summed E-state index contributed by atoms with van der Waals surface area (Å²) in [6, 6.07) is 5.79. The summed E-state index contributed by atoms with van der Waals surface area (Å²) in [5.41, 5.74) is 1.57. The van der Waals surface area contributed by atoms with Gasteiger partial charge in [-0.05, 0) is 36.5 Å². The van der Waals surface area contributed by atoms with Gasteiger partial charge in [-0.2, -0.15) is 4.99 Å². The lowest BCUT2D eigenvalue weighted by atomic mass is 9.72. The molecule has 0 heterocycles. The van der Waals surface area contributed by atoms with E-state index in [9.17, 15) is 4.79 Å². The molecular formula is C13H14ClNO2. The minimum Gasteiger partial charge on any atom is -0.380 e. The number of isocyanates is 1. The molecule has 1 fully saturated rings. The number of halogens is 1. The number of hydrogen-bond acceptors (Lipinski definition) is 3. The highest BCUT2D eigenvalue weighted by Gasteiger charge is 2.39. The third-order valence-electron chi connectivity index (χ3n) is 3.33. The zero-order valence-corrected chi connectivity index (χ0v) is 10.5. The van der Waals surface area contributed by atoms with Crippen LogP contribution >= 0.6 is 11.6 Å². The molecule has 0 unspecified atom stereocenters. The second-order valence-corrected chi connectivity index (χ2v) is 4.73. The number of aliphatic imine (C=N–C) groups is 1. The summed E-state index contributed by atoms with van der Waals surface area (Å²) in [5, 5.41) is 0.664. The summed E-state index contributed by atoms with van der Waals surface area (Å²) in [7, 11) is 1.63. The SMILES string of the molecule is COCc1ccc(C2(N=C=O)CCC2)cc1Cl. The molecule has 90 valence electrons. The average Bonchev–Trinajstić information content (AvgIpc) is 2.27. The lowest BCUT2D eigenvalue weighted by molar-refractivity contribution is 0.185. The Kier molecular flexibility index (Phi) is 3.63. The van der Waals surface area contributed by atoms with Crippen LogP contribution in [0.25, 0.3) is 0 Å². The molecule has 0 bridgehead atoms. The first kappa shape index (κ1) is 12.3. The van der Waals surface area contributed by atoms with E-state index in [1.54, 1.807) is 13.2 Å². The van der Waals surface area contributed by atoms with Crippen molar-refractivity contribution in [3.05, 3.63) is 34.3 Å². The Morgan fingerprint density at radius 1 is 1.53 bits per heavy atom. The smallest absolute Gasteiger partial charge is 0.235 e. The molecule has 2 rings (SSSR count). The molecule has 1 aliphatic carbocycles. The molecular weight excluding hydrogens is 238 g/mol. The maximum absolute atomic E-state index is 10.5. The van der Waals surface area contributed by atoms with Crippen molar-refractivity contribution in [3.63, 3.8) is 0 Å². The van der Waals surface area contributed by atoms with Gasteiger partial charge >= 0.3 is 0 Å². The number of rotatable bonds is 4. The Morgan fingerprint density at radius 3 is 2.76 bits per heavy atom. The van der Waals surface area contributed by atoms with Gasteiger partial charge in [-0.25, -0.2) is 4.79 Å². The molecule has 0 spiro atoms. The Hall–Kier alpha value is -1.15. The molecule has 17 heavy (non-hydrogen) atoms. The van der Waals surface area contributed by atoms with Crippen LogP contribution in [-0.2, 0) is 21.7 Å². The predicted octanol–water partition coefficient (Wildman–Crippen LogP) is 3.20. The Labute approximate surface area is 105 Å². The van der Waals surface area contributed by atoms with Gasteiger partial charge < -0.3 is 4.74 Å². The summed E-state index contributed by atoms with van der Waals surface area (Å²) in [4.78, 5) is 14.4. The normalized spacial score (nSPS) is 17.1. The van der Waals surface area contributed by atoms with Crippen LogP contribution in [0.4, 0.5) is 0 Å². The number of hydrogen-bond donors (Lipinski definition) is 0. The van der Waals surface area contributed by atoms with Crippen molar-refractivity contribution >= 4 is 17.7 Å². The van der Waals surface area contributed by atoms with Crippen molar-refractivity contribution in [2.75, 3.05) is 7.11 Å². The molecule has 3 nitrogen and oxygen atoms in total. The molecule has 1 aromatic rings. The van der Waals surface area contributed by atoms with Gasteiger partial charge in [0.2, 0.25) is 6.08 Å². The van der Waals surface area contributed by atoms with Gasteiger partial charge in [-0.15, -0.1) is 0 Å². The lowest BCUT2D eigenvalue weighted by Gasteiger charge is -2.37. The fourth-order valence-electron chi connectivity index (χ4n) is 2.17. The molecule has 1 aliphatic rings. The standard InChI is InChI=1S/C13H14ClNO2/c1-17-8-10-3-4-11(7-12(10)14)13(15-9-16)5-2-6-13/h3-4,7H,2,5-6,8H2,1H3. The number of carbonyl (C=O) groups excluding carboxylic acids is 1. The first-order valence-corrected chi connectivity index (χ1v) is 5.96. The summed E-state index contributed by atoms with van der Waals surface area (Å²) >= 11 is 6.18. The van der Waals surface area contributed by atoms with Crippen molar-refractivity contribution in [2.45, 2.75) is 31.4 Å².